The number of fused-ring (bicyclic) bond motifs is 1. The van der Waals surface area contributed by atoms with Crippen molar-refractivity contribution in [3.8, 4) is 22.8 Å². The van der Waals surface area contributed by atoms with Crippen LogP contribution in [0.2, 0.25) is 0 Å². The number of aromatic hydroxyl groups is 1. The smallest absolute Gasteiger partial charge is 0.251 e. The number of unbranched alkanes of at least 4 members (excludes halogenated alkanes) is 1. The predicted octanol–water partition coefficient (Wildman–Crippen LogP) is 4.96. The molecular formula is C32H31N5O3. The molecule has 0 bridgehead atoms. The van der Waals surface area contributed by atoms with Crippen molar-refractivity contribution >= 4 is 22.6 Å². The average molecular weight is 534 g/mol. The molecule has 3 aromatic carbocycles. The third kappa shape index (κ3) is 5.86. The molecule has 8 nitrogen and oxygen atoms in total. The molecule has 0 unspecified atom stereocenters. The minimum atomic E-state index is -0.890. The maximum absolute atomic E-state index is 13.0. The van der Waals surface area contributed by atoms with Crippen molar-refractivity contribution in [2.75, 3.05) is 0 Å². The summed E-state index contributed by atoms with van der Waals surface area (Å²) >= 11 is 0. The van der Waals surface area contributed by atoms with Crippen LogP contribution in [0.25, 0.3) is 27.8 Å². The molecule has 5 rings (SSSR count). The summed E-state index contributed by atoms with van der Waals surface area (Å²) in [7, 11) is 0. The standard InChI is InChI=1S/C32H31N5O3/c1-2-3-8-27-26-7-5-4-6-24(26)20-30(35-27)37-29(17-18-34-37)22-11-13-23(14-12-22)32(40)36-28(31(33)39)19-21-9-15-25(38)16-10-21/h4-7,9-18,20,28,38H,2-3,8,19H2,1H3,(H2,33,39)(H,36,40)/t28-/m0/s1. The van der Waals surface area contributed by atoms with Gasteiger partial charge in [-0.05, 0) is 60.2 Å². The number of hydrogen-bond donors (Lipinski definition) is 3. The van der Waals surface area contributed by atoms with E-state index in [1.165, 1.54) is 12.1 Å². The number of rotatable bonds is 10. The average Bonchev–Trinajstić information content (AvgIpc) is 3.46. The lowest BCUT2D eigenvalue weighted by Gasteiger charge is -2.16. The number of pyridine rings is 1. The van der Waals surface area contributed by atoms with E-state index in [1.54, 1.807) is 30.5 Å². The summed E-state index contributed by atoms with van der Waals surface area (Å²) < 4.78 is 1.82. The van der Waals surface area contributed by atoms with E-state index in [4.69, 9.17) is 10.7 Å². The lowest BCUT2D eigenvalue weighted by Crippen LogP contribution is -2.45. The summed E-state index contributed by atoms with van der Waals surface area (Å²) in [6.45, 7) is 2.17. The van der Waals surface area contributed by atoms with E-state index in [0.717, 1.165) is 58.4 Å². The first kappa shape index (κ1) is 26.6. The molecule has 0 spiro atoms. The summed E-state index contributed by atoms with van der Waals surface area (Å²) in [5.41, 5.74) is 9.50. The zero-order valence-electron chi connectivity index (χ0n) is 22.2. The van der Waals surface area contributed by atoms with Crippen LogP contribution in [-0.2, 0) is 17.6 Å². The van der Waals surface area contributed by atoms with Crippen LogP contribution in [0.15, 0.2) is 91.1 Å². The highest BCUT2D eigenvalue weighted by Gasteiger charge is 2.20. The van der Waals surface area contributed by atoms with Crippen LogP contribution in [0.5, 0.6) is 5.75 Å². The van der Waals surface area contributed by atoms with Gasteiger partial charge in [0, 0.05) is 22.9 Å². The lowest BCUT2D eigenvalue weighted by molar-refractivity contribution is -0.119. The Morgan fingerprint density at radius 3 is 2.48 bits per heavy atom. The fraction of sp³-hybridized carbons (Fsp3) is 0.188. The molecule has 0 radical (unpaired) electrons. The van der Waals surface area contributed by atoms with E-state index < -0.39 is 17.9 Å². The van der Waals surface area contributed by atoms with Crippen LogP contribution in [0.1, 0.15) is 41.4 Å². The lowest BCUT2D eigenvalue weighted by atomic mass is 10.0. The monoisotopic (exact) mass is 533 g/mol. The van der Waals surface area contributed by atoms with Crippen molar-refractivity contribution in [1.29, 1.82) is 0 Å². The number of carbonyl (C=O) groups is 2. The molecule has 0 saturated heterocycles. The third-order valence-corrected chi connectivity index (χ3v) is 6.90. The number of aromatic nitrogens is 3. The molecule has 2 amide bonds. The molecule has 0 fully saturated rings. The maximum Gasteiger partial charge on any atom is 0.251 e. The van der Waals surface area contributed by atoms with Gasteiger partial charge in [-0.1, -0.05) is 61.9 Å². The number of carbonyl (C=O) groups excluding carboxylic acids is 2. The van der Waals surface area contributed by atoms with Crippen molar-refractivity contribution < 1.29 is 14.7 Å². The van der Waals surface area contributed by atoms with Gasteiger partial charge in [0.05, 0.1) is 17.6 Å². The highest BCUT2D eigenvalue weighted by Crippen LogP contribution is 2.26. The SMILES string of the molecule is CCCCc1nc(-n2nccc2-c2ccc(C(=O)N[C@@H](Cc3ccc(O)cc3)C(N)=O)cc2)cc2ccccc12. The predicted molar refractivity (Wildman–Crippen MR) is 155 cm³/mol. The van der Waals surface area contributed by atoms with Crippen molar-refractivity contribution in [2.24, 2.45) is 5.73 Å². The number of amides is 2. The molecule has 5 aromatic rings. The van der Waals surface area contributed by atoms with E-state index in [-0.39, 0.29) is 12.2 Å². The molecular weight excluding hydrogens is 502 g/mol. The largest absolute Gasteiger partial charge is 0.508 e. The second-order valence-corrected chi connectivity index (χ2v) is 9.76. The fourth-order valence-electron chi connectivity index (χ4n) is 4.73. The number of nitrogens with one attached hydrogen (secondary N) is 1. The molecule has 4 N–H and O–H groups in total. The number of benzene rings is 3. The Labute approximate surface area is 232 Å². The van der Waals surface area contributed by atoms with Gasteiger partial charge in [-0.15, -0.1) is 0 Å². The van der Waals surface area contributed by atoms with Crippen molar-refractivity contribution in [3.05, 3.63) is 108 Å². The molecule has 8 heteroatoms. The Bertz CT molecular complexity index is 1640. The molecule has 40 heavy (non-hydrogen) atoms. The summed E-state index contributed by atoms with van der Waals surface area (Å²) in [6.07, 6.45) is 4.99. The van der Waals surface area contributed by atoms with Gasteiger partial charge in [-0.3, -0.25) is 9.59 Å². The first-order chi connectivity index (χ1) is 19.4. The number of aryl methyl sites for hydroxylation is 1. The minimum absolute atomic E-state index is 0.123. The van der Waals surface area contributed by atoms with Gasteiger partial charge < -0.3 is 16.2 Å². The molecule has 0 aliphatic rings. The molecule has 2 heterocycles. The second kappa shape index (κ2) is 11.8. The zero-order valence-corrected chi connectivity index (χ0v) is 22.2. The van der Waals surface area contributed by atoms with Gasteiger partial charge in [0.1, 0.15) is 11.8 Å². The number of nitrogens with zero attached hydrogens (tertiary/aromatic N) is 3. The topological polar surface area (TPSA) is 123 Å². The zero-order chi connectivity index (χ0) is 28.1. The summed E-state index contributed by atoms with van der Waals surface area (Å²) in [5.74, 6) is -0.175. The Hall–Kier alpha value is -4.98. The van der Waals surface area contributed by atoms with E-state index in [9.17, 15) is 14.7 Å². The normalized spacial score (nSPS) is 11.8. The Morgan fingerprint density at radius 1 is 1.00 bits per heavy atom. The number of phenolic OH excluding ortho intramolecular Hbond substituents is 1. The summed E-state index contributed by atoms with van der Waals surface area (Å²) in [6, 6.07) is 24.9. The Morgan fingerprint density at radius 2 is 1.75 bits per heavy atom. The highest BCUT2D eigenvalue weighted by molar-refractivity contribution is 5.97. The van der Waals surface area contributed by atoms with Crippen molar-refractivity contribution in [1.82, 2.24) is 20.1 Å². The summed E-state index contributed by atoms with van der Waals surface area (Å²) in [5, 5.41) is 19.0. The Balaban J connectivity index is 1.37. The van der Waals surface area contributed by atoms with Gasteiger partial charge >= 0.3 is 0 Å². The Kier molecular flexibility index (Phi) is 7.87. The van der Waals surface area contributed by atoms with Crippen LogP contribution < -0.4 is 11.1 Å². The molecule has 202 valence electrons. The molecule has 0 saturated carbocycles. The van der Waals surface area contributed by atoms with Gasteiger partial charge in [0.15, 0.2) is 5.82 Å². The van der Waals surface area contributed by atoms with Gasteiger partial charge in [0.2, 0.25) is 5.91 Å². The third-order valence-electron chi connectivity index (χ3n) is 6.90. The number of hydrogen-bond acceptors (Lipinski definition) is 5. The number of primary amides is 1. The minimum Gasteiger partial charge on any atom is -0.508 e. The first-order valence-corrected chi connectivity index (χ1v) is 13.3. The van der Waals surface area contributed by atoms with Crippen molar-refractivity contribution in [3.63, 3.8) is 0 Å². The molecule has 0 aliphatic carbocycles. The molecule has 2 aromatic heterocycles. The van der Waals surface area contributed by atoms with E-state index in [0.29, 0.717) is 5.56 Å². The highest BCUT2D eigenvalue weighted by atomic mass is 16.3. The molecule has 0 aliphatic heterocycles. The first-order valence-electron chi connectivity index (χ1n) is 13.3. The maximum atomic E-state index is 13.0. The van der Waals surface area contributed by atoms with Gasteiger partial charge in [-0.25, -0.2) is 9.67 Å². The number of phenols is 1. The molecule has 1 atom stereocenters. The number of nitrogens with two attached hydrogens (primary N) is 1. The van der Waals surface area contributed by atoms with Gasteiger partial charge in [-0.2, -0.15) is 5.10 Å². The second-order valence-electron chi connectivity index (χ2n) is 9.76. The van der Waals surface area contributed by atoms with Crippen LogP contribution >= 0.6 is 0 Å². The van der Waals surface area contributed by atoms with Crippen LogP contribution in [0.3, 0.4) is 0 Å². The summed E-state index contributed by atoms with van der Waals surface area (Å²) in [4.78, 5) is 30.0. The van der Waals surface area contributed by atoms with E-state index in [1.807, 2.05) is 41.1 Å². The van der Waals surface area contributed by atoms with Crippen LogP contribution in [0, 0.1) is 0 Å². The quantitative estimate of drug-likeness (QED) is 0.234. The fourth-order valence-corrected chi connectivity index (χ4v) is 4.73. The van der Waals surface area contributed by atoms with Crippen molar-refractivity contribution in [2.45, 2.75) is 38.6 Å². The van der Waals surface area contributed by atoms with Crippen LogP contribution in [-0.4, -0.2) is 37.7 Å². The van der Waals surface area contributed by atoms with E-state index >= 15 is 0 Å². The van der Waals surface area contributed by atoms with Gasteiger partial charge in [0.25, 0.3) is 5.91 Å². The van der Waals surface area contributed by atoms with E-state index in [2.05, 4.69) is 29.5 Å². The van der Waals surface area contributed by atoms with Crippen LogP contribution in [0.4, 0.5) is 0 Å².